The summed E-state index contributed by atoms with van der Waals surface area (Å²) in [4.78, 5) is 25.3. The van der Waals surface area contributed by atoms with Crippen molar-refractivity contribution in [2.75, 3.05) is 0 Å². The number of benzene rings is 2. The SMILES string of the molecule is CC(C)CC(NC(=O)OC(C)(C)C)C(=O)NS(=O)c1cccc2ccccc12. The highest BCUT2D eigenvalue weighted by atomic mass is 32.2. The van der Waals surface area contributed by atoms with E-state index in [1.165, 1.54) is 0 Å². The lowest BCUT2D eigenvalue weighted by atomic mass is 10.0. The summed E-state index contributed by atoms with van der Waals surface area (Å²) in [5.41, 5.74) is -0.672. The smallest absolute Gasteiger partial charge is 0.408 e. The first-order valence-electron chi connectivity index (χ1n) is 9.26. The quantitative estimate of drug-likeness (QED) is 0.764. The van der Waals surface area contributed by atoms with Crippen LogP contribution in [0.4, 0.5) is 4.79 Å². The first-order valence-corrected chi connectivity index (χ1v) is 10.4. The molecule has 2 aromatic carbocycles. The Bertz CT molecular complexity index is 869. The van der Waals surface area contributed by atoms with Crippen LogP contribution in [0, 0.1) is 5.92 Å². The van der Waals surface area contributed by atoms with Gasteiger partial charge in [-0.25, -0.2) is 9.00 Å². The molecule has 0 aromatic heterocycles. The summed E-state index contributed by atoms with van der Waals surface area (Å²) in [6.07, 6.45) is -0.276. The molecule has 2 unspecified atom stereocenters. The number of hydrogen-bond donors (Lipinski definition) is 2. The number of ether oxygens (including phenoxy) is 1. The van der Waals surface area contributed by atoms with Gasteiger partial charge < -0.3 is 10.1 Å². The summed E-state index contributed by atoms with van der Waals surface area (Å²) < 4.78 is 20.6. The summed E-state index contributed by atoms with van der Waals surface area (Å²) >= 11 is 0. The van der Waals surface area contributed by atoms with Crippen molar-refractivity contribution in [3.05, 3.63) is 42.5 Å². The molecule has 0 saturated heterocycles. The fraction of sp³-hybridized carbons (Fsp3) is 0.429. The molecule has 0 aliphatic carbocycles. The zero-order chi connectivity index (χ0) is 20.9. The summed E-state index contributed by atoms with van der Waals surface area (Å²) in [7, 11) is -1.75. The van der Waals surface area contributed by atoms with E-state index in [9.17, 15) is 13.8 Å². The fourth-order valence-electron chi connectivity index (χ4n) is 2.73. The number of fused-ring (bicyclic) bond motifs is 1. The van der Waals surface area contributed by atoms with Crippen LogP contribution in [-0.4, -0.2) is 27.9 Å². The second-order valence-corrected chi connectivity index (χ2v) is 9.22. The molecule has 0 radical (unpaired) electrons. The Balaban J connectivity index is 2.15. The van der Waals surface area contributed by atoms with Gasteiger partial charge in [-0.05, 0) is 49.9 Å². The van der Waals surface area contributed by atoms with Gasteiger partial charge in [0.05, 0.1) is 4.90 Å². The van der Waals surface area contributed by atoms with E-state index < -0.39 is 34.6 Å². The Morgan fingerprint density at radius 2 is 1.71 bits per heavy atom. The number of amides is 2. The van der Waals surface area contributed by atoms with Crippen molar-refractivity contribution in [2.45, 2.75) is 57.6 Å². The van der Waals surface area contributed by atoms with Gasteiger partial charge in [0.1, 0.15) is 11.6 Å². The molecule has 0 heterocycles. The molecule has 2 aromatic rings. The van der Waals surface area contributed by atoms with Crippen LogP contribution >= 0.6 is 0 Å². The number of carbonyl (C=O) groups excluding carboxylic acids is 2. The Morgan fingerprint density at radius 3 is 2.36 bits per heavy atom. The van der Waals surface area contributed by atoms with Crippen LogP contribution in [0.3, 0.4) is 0 Å². The van der Waals surface area contributed by atoms with Gasteiger partial charge >= 0.3 is 6.09 Å². The molecular formula is C21H28N2O4S. The van der Waals surface area contributed by atoms with Gasteiger partial charge in [0.2, 0.25) is 0 Å². The zero-order valence-electron chi connectivity index (χ0n) is 16.9. The summed E-state index contributed by atoms with van der Waals surface area (Å²) in [6, 6.07) is 12.1. The Labute approximate surface area is 168 Å². The molecule has 0 bridgehead atoms. The zero-order valence-corrected chi connectivity index (χ0v) is 17.8. The fourth-order valence-corrected chi connectivity index (χ4v) is 3.75. The summed E-state index contributed by atoms with van der Waals surface area (Å²) in [5, 5.41) is 4.34. The molecule has 0 aliphatic heterocycles. The predicted molar refractivity (Wildman–Crippen MR) is 111 cm³/mol. The molecule has 7 heteroatoms. The predicted octanol–water partition coefficient (Wildman–Crippen LogP) is 3.92. The monoisotopic (exact) mass is 404 g/mol. The van der Waals surface area contributed by atoms with Gasteiger partial charge in [0.15, 0.2) is 11.0 Å². The van der Waals surface area contributed by atoms with Gasteiger partial charge in [-0.1, -0.05) is 50.2 Å². The van der Waals surface area contributed by atoms with Gasteiger partial charge in [0, 0.05) is 0 Å². The van der Waals surface area contributed by atoms with Crippen LogP contribution < -0.4 is 10.0 Å². The highest BCUT2D eigenvalue weighted by molar-refractivity contribution is 7.84. The van der Waals surface area contributed by atoms with Crippen LogP contribution in [0.1, 0.15) is 41.0 Å². The number of nitrogens with one attached hydrogen (secondary N) is 2. The van der Waals surface area contributed by atoms with Crippen molar-refractivity contribution in [1.29, 1.82) is 0 Å². The van der Waals surface area contributed by atoms with E-state index in [0.717, 1.165) is 10.8 Å². The second kappa shape index (κ2) is 9.19. The van der Waals surface area contributed by atoms with Crippen LogP contribution in [0.25, 0.3) is 10.8 Å². The highest BCUT2D eigenvalue weighted by Crippen LogP contribution is 2.21. The lowest BCUT2D eigenvalue weighted by molar-refractivity contribution is -0.121. The normalized spacial score (nSPS) is 13.8. The van der Waals surface area contributed by atoms with Crippen LogP contribution in [0.2, 0.25) is 0 Å². The van der Waals surface area contributed by atoms with Crippen LogP contribution in [-0.2, 0) is 20.5 Å². The van der Waals surface area contributed by atoms with Gasteiger partial charge in [-0.15, -0.1) is 0 Å². The van der Waals surface area contributed by atoms with Gasteiger partial charge in [0.25, 0.3) is 5.91 Å². The van der Waals surface area contributed by atoms with Crippen molar-refractivity contribution < 1.29 is 18.5 Å². The Morgan fingerprint density at radius 1 is 1.07 bits per heavy atom. The molecule has 2 atom stereocenters. The van der Waals surface area contributed by atoms with Crippen LogP contribution in [0.15, 0.2) is 47.4 Å². The largest absolute Gasteiger partial charge is 0.444 e. The van der Waals surface area contributed by atoms with Crippen molar-refractivity contribution in [3.63, 3.8) is 0 Å². The lowest BCUT2D eigenvalue weighted by Gasteiger charge is -2.24. The third-order valence-electron chi connectivity index (χ3n) is 3.86. The molecule has 152 valence electrons. The maximum absolute atomic E-state index is 12.8. The van der Waals surface area contributed by atoms with E-state index in [1.54, 1.807) is 32.9 Å². The molecule has 28 heavy (non-hydrogen) atoms. The van der Waals surface area contributed by atoms with E-state index >= 15 is 0 Å². The minimum atomic E-state index is -1.75. The van der Waals surface area contributed by atoms with E-state index in [1.807, 2.05) is 44.2 Å². The summed E-state index contributed by atoms with van der Waals surface area (Å²) in [6.45, 7) is 9.14. The third kappa shape index (κ3) is 6.34. The second-order valence-electron chi connectivity index (χ2n) is 8.04. The maximum atomic E-state index is 12.8. The first kappa shape index (κ1) is 21.9. The average Bonchev–Trinajstić information content (AvgIpc) is 2.58. The maximum Gasteiger partial charge on any atom is 0.408 e. The first-order chi connectivity index (χ1) is 13.1. The van der Waals surface area contributed by atoms with Crippen molar-refractivity contribution >= 4 is 33.8 Å². The van der Waals surface area contributed by atoms with Crippen molar-refractivity contribution in [2.24, 2.45) is 5.92 Å². The minimum absolute atomic E-state index is 0.150. The minimum Gasteiger partial charge on any atom is -0.444 e. The number of carbonyl (C=O) groups is 2. The van der Waals surface area contributed by atoms with Gasteiger partial charge in [-0.3, -0.25) is 9.52 Å². The molecule has 6 nitrogen and oxygen atoms in total. The van der Waals surface area contributed by atoms with Crippen molar-refractivity contribution in [3.8, 4) is 0 Å². The number of hydrogen-bond acceptors (Lipinski definition) is 4. The van der Waals surface area contributed by atoms with E-state index in [0.29, 0.717) is 11.3 Å². The van der Waals surface area contributed by atoms with E-state index in [-0.39, 0.29) is 5.92 Å². The topological polar surface area (TPSA) is 84.5 Å². The van der Waals surface area contributed by atoms with Crippen molar-refractivity contribution in [1.82, 2.24) is 10.0 Å². The molecular weight excluding hydrogens is 376 g/mol. The molecule has 0 saturated carbocycles. The average molecular weight is 405 g/mol. The molecule has 0 fully saturated rings. The van der Waals surface area contributed by atoms with E-state index in [2.05, 4.69) is 10.0 Å². The highest BCUT2D eigenvalue weighted by Gasteiger charge is 2.26. The Kier molecular flexibility index (Phi) is 7.18. The molecule has 2 N–H and O–H groups in total. The standard InChI is InChI=1S/C21H28N2O4S/c1-14(2)13-17(22-20(25)27-21(3,4)5)19(24)23-28(26)18-12-8-10-15-9-6-7-11-16(15)18/h6-12,14,17H,13H2,1-5H3,(H,22,25)(H,23,24). The molecule has 0 spiro atoms. The molecule has 0 aliphatic rings. The lowest BCUT2D eigenvalue weighted by Crippen LogP contribution is -2.49. The molecule has 2 rings (SSSR count). The summed E-state index contributed by atoms with van der Waals surface area (Å²) in [5.74, 6) is -0.359. The number of alkyl carbamates (subject to hydrolysis) is 1. The number of rotatable bonds is 6. The Hall–Kier alpha value is -2.41. The molecule has 2 amide bonds. The van der Waals surface area contributed by atoms with Crippen LogP contribution in [0.5, 0.6) is 0 Å². The third-order valence-corrected chi connectivity index (χ3v) is 5.00. The van der Waals surface area contributed by atoms with E-state index in [4.69, 9.17) is 4.74 Å². The van der Waals surface area contributed by atoms with Gasteiger partial charge in [-0.2, -0.15) is 0 Å².